The number of hydrogen-bond donors (Lipinski definition) is 3. The summed E-state index contributed by atoms with van der Waals surface area (Å²) in [5, 5.41) is 16.7. The fourth-order valence-corrected chi connectivity index (χ4v) is 2.96. The van der Waals surface area contributed by atoms with Crippen molar-refractivity contribution in [2.75, 3.05) is 25.5 Å². The number of anilines is 1. The zero-order valence-corrected chi connectivity index (χ0v) is 12.6. The molecule has 1 saturated carbocycles. The molecule has 3 heteroatoms. The summed E-state index contributed by atoms with van der Waals surface area (Å²) in [5.41, 5.74) is 2.14. The highest BCUT2D eigenvalue weighted by Gasteiger charge is 2.13. The van der Waals surface area contributed by atoms with E-state index in [4.69, 9.17) is 0 Å². The van der Waals surface area contributed by atoms with Gasteiger partial charge < -0.3 is 15.7 Å². The molecule has 0 saturated heterocycles. The first kappa shape index (κ1) is 15.3. The zero-order valence-electron chi connectivity index (χ0n) is 12.6. The predicted octanol–water partition coefficient (Wildman–Crippen LogP) is 3.32. The first-order valence-corrected chi connectivity index (χ1v) is 7.96. The summed E-state index contributed by atoms with van der Waals surface area (Å²) in [6.07, 6.45) is 7.27. The molecule has 0 aromatic heterocycles. The van der Waals surface area contributed by atoms with Crippen LogP contribution in [0.2, 0.25) is 0 Å². The normalized spacial score (nSPS) is 17.9. The maximum atomic E-state index is 10.1. The summed E-state index contributed by atoms with van der Waals surface area (Å²) >= 11 is 0. The Balaban J connectivity index is 1.85. The van der Waals surface area contributed by atoms with Gasteiger partial charge in [-0.3, -0.25) is 0 Å². The van der Waals surface area contributed by atoms with E-state index in [0.29, 0.717) is 0 Å². The average molecular weight is 276 g/mol. The Morgan fingerprint density at radius 2 is 2.05 bits per heavy atom. The molecule has 1 atom stereocenters. The van der Waals surface area contributed by atoms with Gasteiger partial charge in [0.25, 0.3) is 0 Å². The number of benzene rings is 1. The topological polar surface area (TPSA) is 44.3 Å². The van der Waals surface area contributed by atoms with Crippen LogP contribution in [0.3, 0.4) is 0 Å². The number of nitrogens with one attached hydrogen (secondary N) is 2. The Kier molecular flexibility index (Phi) is 6.34. The smallest absolute Gasteiger partial charge is 0.0802 e. The Morgan fingerprint density at radius 1 is 1.25 bits per heavy atom. The first-order valence-electron chi connectivity index (χ1n) is 7.96. The van der Waals surface area contributed by atoms with Crippen LogP contribution in [0.25, 0.3) is 0 Å². The molecule has 1 aliphatic carbocycles. The van der Waals surface area contributed by atoms with Gasteiger partial charge in [0.1, 0.15) is 0 Å². The average Bonchev–Trinajstić information content (AvgIpc) is 2.52. The summed E-state index contributed by atoms with van der Waals surface area (Å²) in [7, 11) is 1.91. The second-order valence-corrected chi connectivity index (χ2v) is 5.92. The van der Waals surface area contributed by atoms with Gasteiger partial charge in [-0.25, -0.2) is 0 Å². The highest BCUT2D eigenvalue weighted by molar-refractivity contribution is 5.46. The van der Waals surface area contributed by atoms with Gasteiger partial charge in [-0.2, -0.15) is 0 Å². The third kappa shape index (κ3) is 4.80. The molecule has 0 bridgehead atoms. The third-order valence-corrected chi connectivity index (χ3v) is 4.26. The number of aliphatic hydroxyl groups excluding tert-OH is 1. The van der Waals surface area contributed by atoms with Crippen molar-refractivity contribution >= 4 is 5.69 Å². The van der Waals surface area contributed by atoms with Gasteiger partial charge in [-0.1, -0.05) is 31.4 Å². The Hall–Kier alpha value is -1.06. The van der Waals surface area contributed by atoms with E-state index >= 15 is 0 Å². The lowest BCUT2D eigenvalue weighted by Crippen LogP contribution is -2.17. The van der Waals surface area contributed by atoms with E-state index in [1.165, 1.54) is 32.1 Å². The van der Waals surface area contributed by atoms with Gasteiger partial charge >= 0.3 is 0 Å². The van der Waals surface area contributed by atoms with Gasteiger partial charge in [-0.15, -0.1) is 0 Å². The lowest BCUT2D eigenvalue weighted by Gasteiger charge is -2.22. The van der Waals surface area contributed by atoms with E-state index in [1.807, 2.05) is 19.2 Å². The SMILES string of the molecule is CNCCC(O)c1cccc(NCC2CCCCC2)c1. The summed E-state index contributed by atoms with van der Waals surface area (Å²) in [6.45, 7) is 1.90. The van der Waals surface area contributed by atoms with E-state index in [-0.39, 0.29) is 6.10 Å². The van der Waals surface area contributed by atoms with E-state index in [2.05, 4.69) is 22.8 Å². The molecule has 1 fully saturated rings. The van der Waals surface area contributed by atoms with Crippen molar-refractivity contribution in [3.05, 3.63) is 29.8 Å². The van der Waals surface area contributed by atoms with Gasteiger partial charge in [0.15, 0.2) is 0 Å². The Labute approximate surface area is 122 Å². The van der Waals surface area contributed by atoms with Crippen LogP contribution >= 0.6 is 0 Å². The minimum atomic E-state index is -0.376. The quantitative estimate of drug-likeness (QED) is 0.716. The van der Waals surface area contributed by atoms with Crippen LogP contribution in [0.5, 0.6) is 0 Å². The molecule has 1 aromatic carbocycles. The molecular formula is C17H28N2O. The van der Waals surface area contributed by atoms with Crippen LogP contribution in [0.1, 0.15) is 50.2 Å². The maximum Gasteiger partial charge on any atom is 0.0802 e. The summed E-state index contributed by atoms with van der Waals surface area (Å²) in [5.74, 6) is 0.821. The highest BCUT2D eigenvalue weighted by Crippen LogP contribution is 2.25. The van der Waals surface area contributed by atoms with Crippen LogP contribution in [0, 0.1) is 5.92 Å². The minimum Gasteiger partial charge on any atom is -0.388 e. The standard InChI is InChI=1S/C17H28N2O/c1-18-11-10-17(20)15-8-5-9-16(12-15)19-13-14-6-3-2-4-7-14/h5,8-9,12,14,17-20H,2-4,6-7,10-11,13H2,1H3. The van der Waals surface area contributed by atoms with Crippen molar-refractivity contribution in [3.8, 4) is 0 Å². The van der Waals surface area contributed by atoms with Crippen LogP contribution in [-0.2, 0) is 0 Å². The molecule has 1 aliphatic rings. The molecular weight excluding hydrogens is 248 g/mol. The van der Waals surface area contributed by atoms with Crippen molar-refractivity contribution in [2.45, 2.75) is 44.6 Å². The molecule has 20 heavy (non-hydrogen) atoms. The van der Waals surface area contributed by atoms with Crippen molar-refractivity contribution in [1.82, 2.24) is 5.32 Å². The Bertz CT molecular complexity index is 388. The van der Waals surface area contributed by atoms with Crippen LogP contribution < -0.4 is 10.6 Å². The fraction of sp³-hybridized carbons (Fsp3) is 0.647. The lowest BCUT2D eigenvalue weighted by molar-refractivity contribution is 0.168. The molecule has 0 heterocycles. The zero-order chi connectivity index (χ0) is 14.2. The molecule has 1 aromatic rings. The molecule has 2 rings (SSSR count). The molecule has 0 aliphatic heterocycles. The molecule has 3 nitrogen and oxygen atoms in total. The molecule has 112 valence electrons. The van der Waals surface area contributed by atoms with Crippen molar-refractivity contribution in [2.24, 2.45) is 5.92 Å². The van der Waals surface area contributed by atoms with E-state index < -0.39 is 0 Å². The van der Waals surface area contributed by atoms with Crippen LogP contribution in [-0.4, -0.2) is 25.2 Å². The molecule has 1 unspecified atom stereocenters. The van der Waals surface area contributed by atoms with Gasteiger partial charge in [0, 0.05) is 12.2 Å². The molecule has 0 radical (unpaired) electrons. The van der Waals surface area contributed by atoms with Crippen LogP contribution in [0.4, 0.5) is 5.69 Å². The summed E-state index contributed by atoms with van der Waals surface area (Å²) in [6, 6.07) is 8.22. The van der Waals surface area contributed by atoms with E-state index in [9.17, 15) is 5.11 Å². The number of rotatable bonds is 7. The van der Waals surface area contributed by atoms with Gasteiger partial charge in [0.2, 0.25) is 0 Å². The largest absolute Gasteiger partial charge is 0.388 e. The van der Waals surface area contributed by atoms with Gasteiger partial charge in [-0.05, 0) is 56.5 Å². The lowest BCUT2D eigenvalue weighted by atomic mass is 9.89. The van der Waals surface area contributed by atoms with Crippen molar-refractivity contribution in [3.63, 3.8) is 0 Å². The predicted molar refractivity (Wildman–Crippen MR) is 85.0 cm³/mol. The highest BCUT2D eigenvalue weighted by atomic mass is 16.3. The number of hydrogen-bond acceptors (Lipinski definition) is 3. The van der Waals surface area contributed by atoms with Crippen molar-refractivity contribution < 1.29 is 5.11 Å². The second-order valence-electron chi connectivity index (χ2n) is 5.92. The molecule has 3 N–H and O–H groups in total. The summed E-state index contributed by atoms with van der Waals surface area (Å²) < 4.78 is 0. The Morgan fingerprint density at radius 3 is 2.80 bits per heavy atom. The third-order valence-electron chi connectivity index (χ3n) is 4.26. The first-order chi connectivity index (χ1) is 9.79. The van der Waals surface area contributed by atoms with E-state index in [0.717, 1.165) is 36.7 Å². The fourth-order valence-electron chi connectivity index (χ4n) is 2.96. The number of aliphatic hydroxyl groups is 1. The van der Waals surface area contributed by atoms with E-state index in [1.54, 1.807) is 0 Å². The second kappa shape index (κ2) is 8.28. The van der Waals surface area contributed by atoms with Crippen molar-refractivity contribution in [1.29, 1.82) is 0 Å². The maximum absolute atomic E-state index is 10.1. The van der Waals surface area contributed by atoms with Gasteiger partial charge in [0.05, 0.1) is 6.10 Å². The molecule has 0 spiro atoms. The summed E-state index contributed by atoms with van der Waals surface area (Å²) in [4.78, 5) is 0. The molecule has 0 amide bonds. The minimum absolute atomic E-state index is 0.376. The van der Waals surface area contributed by atoms with Crippen LogP contribution in [0.15, 0.2) is 24.3 Å². The monoisotopic (exact) mass is 276 g/mol.